The van der Waals surface area contributed by atoms with Crippen molar-refractivity contribution in [3.05, 3.63) is 102 Å². The van der Waals surface area contributed by atoms with Crippen molar-refractivity contribution in [2.75, 3.05) is 5.32 Å². The molecular weight excluding hydrogens is 362 g/mol. The van der Waals surface area contributed by atoms with Gasteiger partial charge in [0.15, 0.2) is 0 Å². The zero-order chi connectivity index (χ0) is 20.1. The van der Waals surface area contributed by atoms with E-state index in [9.17, 15) is 4.79 Å². The van der Waals surface area contributed by atoms with Crippen molar-refractivity contribution in [2.24, 2.45) is 0 Å². The maximum Gasteiger partial charge on any atom is 0.248 e. The van der Waals surface area contributed by atoms with E-state index in [0.29, 0.717) is 12.3 Å². The van der Waals surface area contributed by atoms with Crippen molar-refractivity contribution in [1.29, 1.82) is 0 Å². The molecule has 0 atom stereocenters. The van der Waals surface area contributed by atoms with Crippen LogP contribution in [-0.4, -0.2) is 15.3 Å². The Balaban J connectivity index is 1.33. The van der Waals surface area contributed by atoms with Gasteiger partial charge in [-0.2, -0.15) is 0 Å². The molecule has 2 aromatic heterocycles. The summed E-state index contributed by atoms with van der Waals surface area (Å²) in [7, 11) is 0. The molecule has 0 aliphatic heterocycles. The van der Waals surface area contributed by atoms with E-state index in [2.05, 4.69) is 10.3 Å². The summed E-state index contributed by atoms with van der Waals surface area (Å²) >= 11 is 0. The predicted octanol–water partition coefficient (Wildman–Crippen LogP) is 4.87. The molecule has 5 nitrogen and oxygen atoms in total. The van der Waals surface area contributed by atoms with E-state index in [-0.39, 0.29) is 5.91 Å². The topological polar surface area (TPSA) is 55.6 Å². The molecule has 0 fully saturated rings. The van der Waals surface area contributed by atoms with Crippen LogP contribution >= 0.6 is 0 Å². The van der Waals surface area contributed by atoms with Crippen LogP contribution in [0.25, 0.3) is 11.7 Å². The quantitative estimate of drug-likeness (QED) is 0.483. The Morgan fingerprint density at radius 1 is 1.03 bits per heavy atom. The van der Waals surface area contributed by atoms with Gasteiger partial charge in [-0.25, -0.2) is 4.98 Å². The first-order valence-corrected chi connectivity index (χ1v) is 9.37. The standard InChI is InChI=1S/C24H21N3O2/c1-18-15-27-16-21(10-13-23(27)25-18)26-24(28)14-9-19-7-11-22(12-8-19)29-17-20-5-3-2-4-6-20/h2-16H,17H2,1H3,(H,26,28)/b14-9+. The highest BCUT2D eigenvalue weighted by Crippen LogP contribution is 2.16. The second-order valence-electron chi connectivity index (χ2n) is 6.73. The summed E-state index contributed by atoms with van der Waals surface area (Å²) in [6.45, 7) is 2.46. The fraction of sp³-hybridized carbons (Fsp3) is 0.0833. The summed E-state index contributed by atoms with van der Waals surface area (Å²) < 4.78 is 7.67. The fourth-order valence-electron chi connectivity index (χ4n) is 2.96. The first kappa shape index (κ1) is 18.5. The van der Waals surface area contributed by atoms with E-state index in [1.54, 1.807) is 6.08 Å². The van der Waals surface area contributed by atoms with E-state index in [4.69, 9.17) is 4.74 Å². The van der Waals surface area contributed by atoms with Crippen LogP contribution in [0, 0.1) is 6.92 Å². The normalized spacial score (nSPS) is 11.1. The number of nitrogens with one attached hydrogen (secondary N) is 1. The van der Waals surface area contributed by atoms with Gasteiger partial charge in [-0.3, -0.25) is 4.79 Å². The number of amides is 1. The van der Waals surface area contributed by atoms with Crippen LogP contribution in [0.1, 0.15) is 16.8 Å². The van der Waals surface area contributed by atoms with Gasteiger partial charge in [-0.15, -0.1) is 0 Å². The van der Waals surface area contributed by atoms with E-state index in [1.165, 1.54) is 6.08 Å². The molecule has 4 aromatic rings. The summed E-state index contributed by atoms with van der Waals surface area (Å²) in [4.78, 5) is 16.6. The highest BCUT2D eigenvalue weighted by molar-refractivity contribution is 6.01. The smallest absolute Gasteiger partial charge is 0.248 e. The number of aryl methyl sites for hydroxylation is 1. The molecule has 0 radical (unpaired) electrons. The highest BCUT2D eigenvalue weighted by Gasteiger charge is 2.02. The maximum absolute atomic E-state index is 12.2. The van der Waals surface area contributed by atoms with Gasteiger partial charge in [0.1, 0.15) is 18.0 Å². The lowest BCUT2D eigenvalue weighted by Gasteiger charge is -2.06. The lowest BCUT2D eigenvalue weighted by atomic mass is 10.2. The summed E-state index contributed by atoms with van der Waals surface area (Å²) in [5, 5.41) is 2.86. The van der Waals surface area contributed by atoms with Crippen molar-refractivity contribution in [3.8, 4) is 5.75 Å². The molecule has 4 rings (SSSR count). The SMILES string of the molecule is Cc1cn2cc(NC(=O)/C=C/c3ccc(OCc4ccccc4)cc3)ccc2n1. The van der Waals surface area contributed by atoms with Crippen molar-refractivity contribution in [2.45, 2.75) is 13.5 Å². The number of nitrogens with zero attached hydrogens (tertiary/aromatic N) is 2. The van der Waals surface area contributed by atoms with E-state index >= 15 is 0 Å². The number of aromatic nitrogens is 2. The Hall–Kier alpha value is -3.86. The van der Waals surface area contributed by atoms with Crippen LogP contribution < -0.4 is 10.1 Å². The third-order valence-corrected chi connectivity index (χ3v) is 4.39. The number of rotatable bonds is 6. The van der Waals surface area contributed by atoms with Gasteiger partial charge in [0, 0.05) is 18.5 Å². The van der Waals surface area contributed by atoms with Gasteiger partial charge in [0.2, 0.25) is 5.91 Å². The molecule has 1 N–H and O–H groups in total. The third kappa shape index (κ3) is 4.90. The average Bonchev–Trinajstić information content (AvgIpc) is 3.11. The maximum atomic E-state index is 12.2. The first-order valence-electron chi connectivity index (χ1n) is 9.37. The largest absolute Gasteiger partial charge is 0.489 e. The summed E-state index contributed by atoms with van der Waals surface area (Å²) in [6, 6.07) is 21.4. The van der Waals surface area contributed by atoms with Crippen LogP contribution in [-0.2, 0) is 11.4 Å². The Bertz CT molecular complexity index is 1150. The molecule has 0 aliphatic carbocycles. The molecule has 0 aliphatic rings. The molecule has 1 amide bonds. The lowest BCUT2D eigenvalue weighted by molar-refractivity contribution is -0.111. The second-order valence-corrected chi connectivity index (χ2v) is 6.73. The van der Waals surface area contributed by atoms with E-state index in [1.807, 2.05) is 90.4 Å². The number of imidazole rings is 1. The van der Waals surface area contributed by atoms with Gasteiger partial charge in [-0.1, -0.05) is 42.5 Å². The Labute approximate surface area is 169 Å². The van der Waals surface area contributed by atoms with Crippen molar-refractivity contribution in [3.63, 3.8) is 0 Å². The molecule has 0 unspecified atom stereocenters. The molecule has 0 spiro atoms. The van der Waals surface area contributed by atoms with Gasteiger partial charge in [0.05, 0.1) is 11.4 Å². The molecule has 29 heavy (non-hydrogen) atoms. The number of carbonyl (C=O) groups is 1. The molecular formula is C24H21N3O2. The Kier molecular flexibility index (Phi) is 5.38. The summed E-state index contributed by atoms with van der Waals surface area (Å²) in [6.07, 6.45) is 7.06. The second kappa shape index (κ2) is 8.44. The molecule has 144 valence electrons. The minimum absolute atomic E-state index is 0.189. The average molecular weight is 383 g/mol. The van der Waals surface area contributed by atoms with Gasteiger partial charge in [0.25, 0.3) is 0 Å². The zero-order valence-corrected chi connectivity index (χ0v) is 16.1. The van der Waals surface area contributed by atoms with E-state index < -0.39 is 0 Å². The number of pyridine rings is 1. The molecule has 2 aromatic carbocycles. The van der Waals surface area contributed by atoms with Gasteiger partial charge >= 0.3 is 0 Å². The fourth-order valence-corrected chi connectivity index (χ4v) is 2.96. The van der Waals surface area contributed by atoms with Crippen molar-refractivity contribution >= 4 is 23.3 Å². The van der Waals surface area contributed by atoms with Gasteiger partial charge in [-0.05, 0) is 48.4 Å². The molecule has 5 heteroatoms. The number of ether oxygens (including phenoxy) is 1. The Morgan fingerprint density at radius 3 is 2.62 bits per heavy atom. The minimum Gasteiger partial charge on any atom is -0.489 e. The number of hydrogen-bond acceptors (Lipinski definition) is 3. The van der Waals surface area contributed by atoms with Crippen LogP contribution in [0.15, 0.2) is 85.2 Å². The number of carbonyl (C=O) groups excluding carboxylic acids is 1. The first-order chi connectivity index (χ1) is 14.2. The Morgan fingerprint density at radius 2 is 1.83 bits per heavy atom. The summed E-state index contributed by atoms with van der Waals surface area (Å²) in [5.41, 5.74) is 4.55. The van der Waals surface area contributed by atoms with Crippen LogP contribution in [0.3, 0.4) is 0 Å². The predicted molar refractivity (Wildman–Crippen MR) is 115 cm³/mol. The number of benzene rings is 2. The lowest BCUT2D eigenvalue weighted by Crippen LogP contribution is -2.08. The molecule has 0 bridgehead atoms. The molecule has 0 saturated heterocycles. The minimum atomic E-state index is -0.189. The van der Waals surface area contributed by atoms with Crippen molar-refractivity contribution in [1.82, 2.24) is 9.38 Å². The van der Waals surface area contributed by atoms with Crippen LogP contribution in [0.5, 0.6) is 5.75 Å². The van der Waals surface area contributed by atoms with Gasteiger partial charge < -0.3 is 14.5 Å². The number of hydrogen-bond donors (Lipinski definition) is 1. The highest BCUT2D eigenvalue weighted by atomic mass is 16.5. The van der Waals surface area contributed by atoms with Crippen molar-refractivity contribution < 1.29 is 9.53 Å². The summed E-state index contributed by atoms with van der Waals surface area (Å²) in [5.74, 6) is 0.602. The van der Waals surface area contributed by atoms with Crippen LogP contribution in [0.4, 0.5) is 5.69 Å². The van der Waals surface area contributed by atoms with E-state index in [0.717, 1.165) is 28.2 Å². The molecule has 0 saturated carbocycles. The monoisotopic (exact) mass is 383 g/mol. The number of fused-ring (bicyclic) bond motifs is 1. The zero-order valence-electron chi connectivity index (χ0n) is 16.1. The number of anilines is 1. The molecule has 2 heterocycles. The third-order valence-electron chi connectivity index (χ3n) is 4.39. The van der Waals surface area contributed by atoms with Crippen LogP contribution in [0.2, 0.25) is 0 Å².